The molecule has 11 heteroatoms. The van der Waals surface area contributed by atoms with Crippen molar-refractivity contribution in [3.63, 3.8) is 0 Å². The first-order valence-corrected chi connectivity index (χ1v) is 11.7. The van der Waals surface area contributed by atoms with Gasteiger partial charge in [0, 0.05) is 30.1 Å². The zero-order valence-corrected chi connectivity index (χ0v) is 20.3. The van der Waals surface area contributed by atoms with Gasteiger partial charge in [-0.1, -0.05) is 17.7 Å². The van der Waals surface area contributed by atoms with Crippen LogP contribution >= 0.6 is 11.6 Å². The van der Waals surface area contributed by atoms with Crippen molar-refractivity contribution in [2.45, 2.75) is 19.4 Å². The standard InChI is InChI=1S/C25H23ClF2N6O2/c1-3-29-24-17-12-36-11-16(14-4-6-18(27)19(28)8-14)23(17)32-25(33-24)31-15-5-7-20(21(9-15)35-2)34-10-22(26)30-13-34/h4-10,13,16H,3,11-12H2,1-2H3,(H2,29,31,32,33). The highest BCUT2D eigenvalue weighted by atomic mass is 35.5. The van der Waals surface area contributed by atoms with Crippen LogP contribution in [0.4, 0.5) is 26.2 Å². The van der Waals surface area contributed by atoms with Crippen molar-refractivity contribution in [3.8, 4) is 11.4 Å². The molecule has 1 unspecified atom stereocenters. The van der Waals surface area contributed by atoms with E-state index in [4.69, 9.17) is 26.1 Å². The van der Waals surface area contributed by atoms with Gasteiger partial charge in [-0.25, -0.2) is 18.7 Å². The molecule has 0 amide bonds. The van der Waals surface area contributed by atoms with Crippen molar-refractivity contribution in [2.75, 3.05) is 30.9 Å². The molecule has 2 aromatic heterocycles. The maximum absolute atomic E-state index is 14.0. The molecule has 2 aromatic carbocycles. The summed E-state index contributed by atoms with van der Waals surface area (Å²) < 4.78 is 40.7. The maximum atomic E-state index is 14.0. The number of rotatable bonds is 7. The number of aromatic nitrogens is 4. The average Bonchev–Trinajstić information content (AvgIpc) is 3.31. The minimum atomic E-state index is -0.912. The number of hydrogen-bond acceptors (Lipinski definition) is 7. The lowest BCUT2D eigenvalue weighted by molar-refractivity contribution is 0.0978. The van der Waals surface area contributed by atoms with Crippen molar-refractivity contribution < 1.29 is 18.3 Å². The summed E-state index contributed by atoms with van der Waals surface area (Å²) in [6.07, 6.45) is 3.28. The predicted octanol–water partition coefficient (Wildman–Crippen LogP) is 5.44. The van der Waals surface area contributed by atoms with Crippen molar-refractivity contribution in [1.29, 1.82) is 0 Å². The lowest BCUT2D eigenvalue weighted by Gasteiger charge is -2.27. The van der Waals surface area contributed by atoms with E-state index in [2.05, 4.69) is 20.6 Å². The van der Waals surface area contributed by atoms with E-state index in [-0.39, 0.29) is 12.5 Å². The van der Waals surface area contributed by atoms with Gasteiger partial charge in [-0.15, -0.1) is 0 Å². The number of hydrogen-bond donors (Lipinski definition) is 2. The highest BCUT2D eigenvalue weighted by Crippen LogP contribution is 2.36. The molecule has 5 rings (SSSR count). The number of anilines is 3. The van der Waals surface area contributed by atoms with Crippen molar-refractivity contribution >= 4 is 29.1 Å². The third-order valence-corrected chi connectivity index (χ3v) is 6.05. The number of ether oxygens (including phenoxy) is 2. The quantitative estimate of drug-likeness (QED) is 0.341. The third kappa shape index (κ3) is 4.69. The summed E-state index contributed by atoms with van der Waals surface area (Å²) in [5.74, 6) is -0.636. The summed E-state index contributed by atoms with van der Waals surface area (Å²) in [5, 5.41) is 6.87. The maximum Gasteiger partial charge on any atom is 0.229 e. The third-order valence-electron chi connectivity index (χ3n) is 5.86. The lowest BCUT2D eigenvalue weighted by atomic mass is 9.91. The van der Waals surface area contributed by atoms with Gasteiger partial charge in [-0.3, -0.25) is 0 Å². The van der Waals surface area contributed by atoms with Crippen LogP contribution in [-0.4, -0.2) is 39.8 Å². The van der Waals surface area contributed by atoms with E-state index in [1.165, 1.54) is 6.07 Å². The zero-order chi connectivity index (χ0) is 25.2. The first kappa shape index (κ1) is 24.0. The molecule has 0 spiro atoms. The van der Waals surface area contributed by atoms with E-state index >= 15 is 0 Å². The second-order valence-corrected chi connectivity index (χ2v) is 8.53. The van der Waals surface area contributed by atoms with Crippen LogP contribution in [0.1, 0.15) is 29.7 Å². The smallest absolute Gasteiger partial charge is 0.229 e. The van der Waals surface area contributed by atoms with Gasteiger partial charge in [0.1, 0.15) is 23.0 Å². The molecular weight excluding hydrogens is 490 g/mol. The fraction of sp³-hybridized carbons (Fsp3) is 0.240. The SMILES string of the molecule is CCNc1nc(Nc2ccc(-n3cnc(Cl)c3)c(OC)c2)nc2c1COCC2c1ccc(F)c(F)c1. The number of halogens is 3. The molecule has 4 aromatic rings. The molecule has 1 aliphatic rings. The number of imidazole rings is 1. The number of benzene rings is 2. The van der Waals surface area contributed by atoms with Gasteiger partial charge in [-0.2, -0.15) is 4.98 Å². The van der Waals surface area contributed by atoms with Crippen LogP contribution in [0.15, 0.2) is 48.9 Å². The molecule has 0 saturated carbocycles. The number of methoxy groups -OCH3 is 1. The van der Waals surface area contributed by atoms with E-state index in [0.29, 0.717) is 52.8 Å². The highest BCUT2D eigenvalue weighted by molar-refractivity contribution is 6.29. The van der Waals surface area contributed by atoms with E-state index in [1.807, 2.05) is 25.1 Å². The summed E-state index contributed by atoms with van der Waals surface area (Å²) in [4.78, 5) is 13.5. The Morgan fingerprint density at radius 1 is 1.17 bits per heavy atom. The zero-order valence-electron chi connectivity index (χ0n) is 19.6. The average molecular weight is 513 g/mol. The van der Waals surface area contributed by atoms with E-state index < -0.39 is 11.6 Å². The van der Waals surface area contributed by atoms with Crippen LogP contribution in [0.2, 0.25) is 5.15 Å². The lowest BCUT2D eigenvalue weighted by Crippen LogP contribution is -2.23. The van der Waals surface area contributed by atoms with E-state index in [9.17, 15) is 8.78 Å². The van der Waals surface area contributed by atoms with Gasteiger partial charge in [0.25, 0.3) is 0 Å². The topological polar surface area (TPSA) is 86.1 Å². The summed E-state index contributed by atoms with van der Waals surface area (Å²) in [6, 6.07) is 9.39. The summed E-state index contributed by atoms with van der Waals surface area (Å²) in [5.41, 5.74) is 3.51. The molecule has 186 valence electrons. The molecule has 2 N–H and O–H groups in total. The van der Waals surface area contributed by atoms with Gasteiger partial charge in [-0.05, 0) is 36.8 Å². The van der Waals surface area contributed by atoms with Gasteiger partial charge < -0.3 is 24.7 Å². The number of fused-ring (bicyclic) bond motifs is 1. The molecule has 1 atom stereocenters. The van der Waals surface area contributed by atoms with Crippen molar-refractivity contribution in [3.05, 3.63) is 82.5 Å². The van der Waals surface area contributed by atoms with Crippen LogP contribution in [0.3, 0.4) is 0 Å². The van der Waals surface area contributed by atoms with Crippen molar-refractivity contribution in [1.82, 2.24) is 19.5 Å². The Labute approximate surface area is 211 Å². The van der Waals surface area contributed by atoms with Gasteiger partial charge >= 0.3 is 0 Å². The Bertz CT molecular complexity index is 1410. The van der Waals surface area contributed by atoms with Crippen LogP contribution in [0, 0.1) is 11.6 Å². The molecule has 1 aliphatic heterocycles. The van der Waals surface area contributed by atoms with Crippen LogP contribution in [0.5, 0.6) is 5.75 Å². The largest absolute Gasteiger partial charge is 0.494 e. The fourth-order valence-electron chi connectivity index (χ4n) is 4.17. The second kappa shape index (κ2) is 10.1. The van der Waals surface area contributed by atoms with Crippen LogP contribution in [-0.2, 0) is 11.3 Å². The minimum absolute atomic E-state index is 0.288. The Balaban J connectivity index is 1.52. The molecule has 0 fully saturated rings. The molecule has 0 radical (unpaired) electrons. The Morgan fingerprint density at radius 2 is 2.03 bits per heavy atom. The normalized spacial score (nSPS) is 14.9. The predicted molar refractivity (Wildman–Crippen MR) is 132 cm³/mol. The summed E-state index contributed by atoms with van der Waals surface area (Å²) in [6.45, 7) is 3.20. The molecule has 3 heterocycles. The van der Waals surface area contributed by atoms with E-state index in [1.54, 1.807) is 30.3 Å². The molecule has 0 bridgehead atoms. The Kier molecular flexibility index (Phi) is 6.71. The van der Waals surface area contributed by atoms with E-state index in [0.717, 1.165) is 17.3 Å². The number of nitrogens with zero attached hydrogens (tertiary/aromatic N) is 4. The molecule has 0 aliphatic carbocycles. The van der Waals surface area contributed by atoms with Crippen LogP contribution < -0.4 is 15.4 Å². The minimum Gasteiger partial charge on any atom is -0.494 e. The van der Waals surface area contributed by atoms with Crippen LogP contribution in [0.25, 0.3) is 5.69 Å². The monoisotopic (exact) mass is 512 g/mol. The molecular formula is C25H23ClF2N6O2. The molecule has 36 heavy (non-hydrogen) atoms. The second-order valence-electron chi connectivity index (χ2n) is 8.15. The highest BCUT2D eigenvalue weighted by Gasteiger charge is 2.28. The number of nitrogens with one attached hydrogen (secondary N) is 2. The fourth-order valence-corrected chi connectivity index (χ4v) is 4.32. The molecule has 0 saturated heterocycles. The summed E-state index contributed by atoms with van der Waals surface area (Å²) >= 11 is 5.96. The Morgan fingerprint density at radius 3 is 2.75 bits per heavy atom. The first-order chi connectivity index (χ1) is 17.5. The van der Waals surface area contributed by atoms with Crippen molar-refractivity contribution in [2.24, 2.45) is 0 Å². The summed E-state index contributed by atoms with van der Waals surface area (Å²) in [7, 11) is 1.58. The van der Waals surface area contributed by atoms with Gasteiger partial charge in [0.05, 0.1) is 37.6 Å². The first-order valence-electron chi connectivity index (χ1n) is 11.3. The Hall–Kier alpha value is -3.76. The molecule has 8 nitrogen and oxygen atoms in total. The van der Waals surface area contributed by atoms with Gasteiger partial charge in [0.15, 0.2) is 11.6 Å². The van der Waals surface area contributed by atoms with Gasteiger partial charge in [0.2, 0.25) is 5.95 Å².